The molecule has 0 unspecified atom stereocenters. The van der Waals surface area contributed by atoms with Crippen molar-refractivity contribution in [3.05, 3.63) is 28.8 Å². The molecule has 1 aromatic carbocycles. The summed E-state index contributed by atoms with van der Waals surface area (Å²) >= 11 is 1.68. The number of hydrogen-bond acceptors (Lipinski definition) is 4. The van der Waals surface area contributed by atoms with Crippen molar-refractivity contribution in [3.8, 4) is 0 Å². The summed E-state index contributed by atoms with van der Waals surface area (Å²) in [6.07, 6.45) is 0. The van der Waals surface area contributed by atoms with Crippen LogP contribution in [0, 0.1) is 0 Å². The van der Waals surface area contributed by atoms with Crippen molar-refractivity contribution in [3.63, 3.8) is 0 Å². The largest absolute Gasteiger partial charge is 0.324 e. The minimum atomic E-state index is -0.0407. The molecule has 0 saturated heterocycles. The Hall–Kier alpha value is -1.26. The average Bonchev–Trinajstić information content (AvgIpc) is 2.70. The number of thiazole rings is 1. The van der Waals surface area contributed by atoms with E-state index in [0.717, 1.165) is 15.2 Å². The van der Waals surface area contributed by atoms with E-state index < -0.39 is 0 Å². The van der Waals surface area contributed by atoms with Crippen molar-refractivity contribution in [2.75, 3.05) is 6.54 Å². The van der Waals surface area contributed by atoms with Crippen LogP contribution in [-0.4, -0.2) is 17.3 Å². The smallest absolute Gasteiger partial charge is 0.176 e. The number of rotatable bonds is 3. The Kier molecular flexibility index (Phi) is 3.03. The minimum Gasteiger partial charge on any atom is -0.324 e. The van der Waals surface area contributed by atoms with Crippen molar-refractivity contribution in [1.82, 2.24) is 4.98 Å². The van der Waals surface area contributed by atoms with Crippen LogP contribution in [0.15, 0.2) is 18.2 Å². The molecule has 0 radical (unpaired) electrons. The van der Waals surface area contributed by atoms with E-state index >= 15 is 0 Å². The molecule has 0 aliphatic rings. The molecule has 2 N–H and O–H groups in total. The molecule has 1 heterocycles. The molecule has 0 bridgehead atoms. The van der Waals surface area contributed by atoms with E-state index in [4.69, 9.17) is 5.73 Å². The van der Waals surface area contributed by atoms with Gasteiger partial charge < -0.3 is 5.73 Å². The van der Waals surface area contributed by atoms with E-state index in [2.05, 4.69) is 18.8 Å². The van der Waals surface area contributed by atoms with Crippen LogP contribution in [0.2, 0.25) is 0 Å². The van der Waals surface area contributed by atoms with Crippen LogP contribution in [0.3, 0.4) is 0 Å². The molecule has 0 aliphatic carbocycles. The zero-order chi connectivity index (χ0) is 11.7. The fourth-order valence-electron chi connectivity index (χ4n) is 1.48. The van der Waals surface area contributed by atoms with Crippen molar-refractivity contribution in [1.29, 1.82) is 0 Å². The molecule has 16 heavy (non-hydrogen) atoms. The summed E-state index contributed by atoms with van der Waals surface area (Å²) in [4.78, 5) is 16.0. The maximum atomic E-state index is 11.4. The number of hydrogen-bond donors (Lipinski definition) is 1. The van der Waals surface area contributed by atoms with E-state index in [-0.39, 0.29) is 12.3 Å². The number of Topliss-reactive ketones (excluding diaryl/α,β-unsaturated/α-hetero) is 1. The van der Waals surface area contributed by atoms with Crippen LogP contribution in [0.25, 0.3) is 10.2 Å². The first kappa shape index (κ1) is 11.2. The summed E-state index contributed by atoms with van der Waals surface area (Å²) in [7, 11) is 0. The van der Waals surface area contributed by atoms with Gasteiger partial charge in [0.2, 0.25) is 0 Å². The maximum Gasteiger partial charge on any atom is 0.176 e. The number of carbonyl (C=O) groups is 1. The zero-order valence-electron chi connectivity index (χ0n) is 9.36. The second kappa shape index (κ2) is 4.31. The molecule has 2 aromatic rings. The molecule has 4 heteroatoms. The van der Waals surface area contributed by atoms with E-state index in [0.29, 0.717) is 11.5 Å². The number of nitrogens with zero attached hydrogens (tertiary/aromatic N) is 1. The van der Waals surface area contributed by atoms with Gasteiger partial charge in [-0.25, -0.2) is 4.98 Å². The number of aromatic nitrogens is 1. The van der Waals surface area contributed by atoms with Crippen LogP contribution >= 0.6 is 11.3 Å². The van der Waals surface area contributed by atoms with Gasteiger partial charge in [0.05, 0.1) is 21.8 Å². The lowest BCUT2D eigenvalue weighted by atomic mass is 10.1. The highest BCUT2D eigenvalue weighted by atomic mass is 32.1. The van der Waals surface area contributed by atoms with Gasteiger partial charge in [-0.15, -0.1) is 11.3 Å². The van der Waals surface area contributed by atoms with E-state index in [1.54, 1.807) is 11.3 Å². The van der Waals surface area contributed by atoms with Crippen LogP contribution in [0.4, 0.5) is 0 Å². The maximum absolute atomic E-state index is 11.4. The topological polar surface area (TPSA) is 56.0 Å². The molecule has 0 saturated carbocycles. The van der Waals surface area contributed by atoms with Gasteiger partial charge in [0.15, 0.2) is 5.78 Å². The molecule has 84 valence electrons. The molecule has 0 amide bonds. The lowest BCUT2D eigenvalue weighted by molar-refractivity contribution is 0.100. The van der Waals surface area contributed by atoms with Gasteiger partial charge in [0, 0.05) is 11.5 Å². The van der Waals surface area contributed by atoms with Gasteiger partial charge in [-0.2, -0.15) is 0 Å². The Bertz CT molecular complexity index is 531. The molecule has 1 aromatic heterocycles. The normalized spacial score (nSPS) is 11.2. The third kappa shape index (κ3) is 1.99. The van der Waals surface area contributed by atoms with Gasteiger partial charge in [-0.05, 0) is 18.2 Å². The Morgan fingerprint density at radius 1 is 1.50 bits per heavy atom. The lowest BCUT2D eigenvalue weighted by Gasteiger charge is -1.96. The van der Waals surface area contributed by atoms with Crippen LogP contribution < -0.4 is 5.73 Å². The van der Waals surface area contributed by atoms with Crippen molar-refractivity contribution in [2.24, 2.45) is 5.73 Å². The predicted molar refractivity (Wildman–Crippen MR) is 67.1 cm³/mol. The molecule has 3 nitrogen and oxygen atoms in total. The Balaban J connectivity index is 2.49. The van der Waals surface area contributed by atoms with E-state index in [1.807, 2.05) is 18.2 Å². The fourth-order valence-corrected chi connectivity index (χ4v) is 2.43. The third-order valence-corrected chi connectivity index (χ3v) is 3.74. The monoisotopic (exact) mass is 234 g/mol. The van der Waals surface area contributed by atoms with Crippen molar-refractivity contribution in [2.45, 2.75) is 19.8 Å². The van der Waals surface area contributed by atoms with E-state index in [1.165, 1.54) is 0 Å². The molecule has 0 aliphatic heterocycles. The highest BCUT2D eigenvalue weighted by molar-refractivity contribution is 7.18. The summed E-state index contributed by atoms with van der Waals surface area (Å²) in [6, 6.07) is 5.59. The summed E-state index contributed by atoms with van der Waals surface area (Å²) in [6.45, 7) is 4.28. The molecule has 2 rings (SSSR count). The van der Waals surface area contributed by atoms with Gasteiger partial charge >= 0.3 is 0 Å². The van der Waals surface area contributed by atoms with Crippen molar-refractivity contribution < 1.29 is 4.79 Å². The number of benzene rings is 1. The molecule has 0 spiro atoms. The van der Waals surface area contributed by atoms with Gasteiger partial charge in [-0.3, -0.25) is 4.79 Å². The van der Waals surface area contributed by atoms with Crippen LogP contribution in [-0.2, 0) is 0 Å². The second-order valence-corrected chi connectivity index (χ2v) is 5.08. The standard InChI is InChI=1S/C12H14N2OS/c1-7(2)12-14-9-5-8(10(15)6-13)3-4-11(9)16-12/h3-5,7H,6,13H2,1-2H3. The van der Waals surface area contributed by atoms with Gasteiger partial charge in [-0.1, -0.05) is 13.8 Å². The minimum absolute atomic E-state index is 0.0407. The summed E-state index contributed by atoms with van der Waals surface area (Å²) in [5, 5.41) is 1.10. The van der Waals surface area contributed by atoms with Gasteiger partial charge in [0.25, 0.3) is 0 Å². The Labute approximate surface area is 98.3 Å². The van der Waals surface area contributed by atoms with Gasteiger partial charge in [0.1, 0.15) is 0 Å². The lowest BCUT2D eigenvalue weighted by Crippen LogP contribution is -2.13. The Morgan fingerprint density at radius 2 is 2.25 bits per heavy atom. The average molecular weight is 234 g/mol. The molecular weight excluding hydrogens is 220 g/mol. The first-order valence-electron chi connectivity index (χ1n) is 5.25. The first-order valence-corrected chi connectivity index (χ1v) is 6.07. The summed E-state index contributed by atoms with van der Waals surface area (Å²) in [5.74, 6) is 0.382. The number of fused-ring (bicyclic) bond motifs is 1. The third-order valence-electron chi connectivity index (χ3n) is 2.41. The molecule has 0 fully saturated rings. The first-order chi connectivity index (χ1) is 7.61. The zero-order valence-corrected chi connectivity index (χ0v) is 10.2. The van der Waals surface area contributed by atoms with Crippen LogP contribution in [0.5, 0.6) is 0 Å². The fraction of sp³-hybridized carbons (Fsp3) is 0.333. The number of ketones is 1. The highest BCUT2D eigenvalue weighted by Crippen LogP contribution is 2.27. The number of nitrogens with two attached hydrogens (primary N) is 1. The quantitative estimate of drug-likeness (QED) is 0.830. The van der Waals surface area contributed by atoms with E-state index in [9.17, 15) is 4.79 Å². The Morgan fingerprint density at radius 3 is 2.88 bits per heavy atom. The van der Waals surface area contributed by atoms with Crippen molar-refractivity contribution >= 4 is 27.3 Å². The summed E-state index contributed by atoms with van der Waals surface area (Å²) < 4.78 is 1.12. The molecular formula is C12H14N2OS. The highest BCUT2D eigenvalue weighted by Gasteiger charge is 2.10. The SMILES string of the molecule is CC(C)c1nc2cc(C(=O)CN)ccc2s1. The predicted octanol–water partition coefficient (Wildman–Crippen LogP) is 2.56. The molecule has 0 atom stereocenters. The number of carbonyl (C=O) groups excluding carboxylic acids is 1. The van der Waals surface area contributed by atoms with Crippen LogP contribution in [0.1, 0.15) is 35.1 Å². The second-order valence-electron chi connectivity index (χ2n) is 4.02. The summed E-state index contributed by atoms with van der Waals surface area (Å²) in [5.41, 5.74) is 6.88.